The van der Waals surface area contributed by atoms with E-state index in [2.05, 4.69) is 54.6 Å². The van der Waals surface area contributed by atoms with Crippen LogP contribution in [0.1, 0.15) is 5.56 Å². The normalized spacial score (nSPS) is 14.8. The fourth-order valence-corrected chi connectivity index (χ4v) is 7.45. The largest absolute Gasteiger partial charge is 0.467 e. The lowest BCUT2D eigenvalue weighted by Gasteiger charge is -2.35. The second-order valence-corrected chi connectivity index (χ2v) is 13.4. The van der Waals surface area contributed by atoms with Crippen LogP contribution in [0.3, 0.4) is 0 Å². The topological polar surface area (TPSA) is 81.3 Å². The molecule has 7 aromatic carbocycles. The third kappa shape index (κ3) is 5.29. The van der Waals surface area contributed by atoms with Gasteiger partial charge in [0.25, 0.3) is 0 Å². The summed E-state index contributed by atoms with van der Waals surface area (Å²) in [6, 6.07) is 54.8. The number of hydrogen-bond acceptors (Lipinski definition) is 6. The molecule has 9 aromatic rings. The SMILES string of the molecule is BC1(O)Oc2ccccc2-c2c(-c3ccc(-c4nc(-c5cccc(-c6ccccc6)c5)nc(-c5cccc6c5oc5ccccc56)n4)cc3)cccc21. The minimum atomic E-state index is -1.46. The van der Waals surface area contributed by atoms with Crippen molar-refractivity contribution >= 4 is 29.8 Å². The van der Waals surface area contributed by atoms with E-state index in [1.54, 1.807) is 7.85 Å². The van der Waals surface area contributed by atoms with Gasteiger partial charge in [0.2, 0.25) is 7.85 Å². The summed E-state index contributed by atoms with van der Waals surface area (Å²) in [6.45, 7) is 0. The van der Waals surface area contributed by atoms with Gasteiger partial charge in [0.1, 0.15) is 16.9 Å². The number of aromatic nitrogens is 3. The van der Waals surface area contributed by atoms with Crippen LogP contribution in [0, 0.1) is 0 Å². The van der Waals surface area contributed by atoms with E-state index in [-0.39, 0.29) is 0 Å². The molecule has 6 nitrogen and oxygen atoms in total. The molecule has 250 valence electrons. The van der Waals surface area contributed by atoms with Gasteiger partial charge in [-0.15, -0.1) is 0 Å². The number of nitrogens with zero attached hydrogens (tertiary/aromatic N) is 3. The van der Waals surface area contributed by atoms with Crippen LogP contribution in [0.15, 0.2) is 168 Å². The first-order valence-corrected chi connectivity index (χ1v) is 17.6. The van der Waals surface area contributed by atoms with E-state index in [0.717, 1.165) is 77.6 Å². The van der Waals surface area contributed by atoms with E-state index < -0.39 is 5.69 Å². The van der Waals surface area contributed by atoms with Crippen molar-refractivity contribution in [1.29, 1.82) is 0 Å². The quantitative estimate of drug-likeness (QED) is 0.182. The van der Waals surface area contributed by atoms with Gasteiger partial charge in [-0.05, 0) is 46.5 Å². The molecule has 53 heavy (non-hydrogen) atoms. The Hall–Kier alpha value is -6.83. The summed E-state index contributed by atoms with van der Waals surface area (Å²) in [4.78, 5) is 15.3. The van der Waals surface area contributed by atoms with Crippen molar-refractivity contribution in [3.05, 3.63) is 169 Å². The molecular weight excluding hydrogens is 653 g/mol. The van der Waals surface area contributed by atoms with Crippen molar-refractivity contribution in [1.82, 2.24) is 15.0 Å². The lowest BCUT2D eigenvalue weighted by molar-refractivity contribution is -0.0691. The molecule has 1 unspecified atom stereocenters. The molecular formula is C46H30BN3O3. The fraction of sp³-hybridized carbons (Fsp3) is 0.0217. The second kappa shape index (κ2) is 12.2. The summed E-state index contributed by atoms with van der Waals surface area (Å²) < 4.78 is 12.4. The molecule has 0 saturated heterocycles. The highest BCUT2D eigenvalue weighted by atomic mass is 16.6. The Kier molecular flexibility index (Phi) is 7.10. The van der Waals surface area contributed by atoms with Gasteiger partial charge in [-0.1, -0.05) is 140 Å². The molecule has 1 atom stereocenters. The van der Waals surface area contributed by atoms with Crippen LogP contribution in [0.25, 0.3) is 89.5 Å². The molecule has 3 heterocycles. The first-order chi connectivity index (χ1) is 26.0. The number of para-hydroxylation sites is 3. The molecule has 0 fully saturated rings. The van der Waals surface area contributed by atoms with Gasteiger partial charge in [-0.25, -0.2) is 15.0 Å². The van der Waals surface area contributed by atoms with Crippen molar-refractivity contribution < 1.29 is 14.3 Å². The predicted octanol–water partition coefficient (Wildman–Crippen LogP) is 9.90. The van der Waals surface area contributed by atoms with E-state index in [9.17, 15) is 5.11 Å². The highest BCUT2D eigenvalue weighted by molar-refractivity contribution is 6.15. The summed E-state index contributed by atoms with van der Waals surface area (Å²) in [5.41, 5.74) is 9.41. The summed E-state index contributed by atoms with van der Waals surface area (Å²) in [5.74, 6) is 2.29. The fourth-order valence-electron chi connectivity index (χ4n) is 7.45. The third-order valence-corrected chi connectivity index (χ3v) is 9.99. The lowest BCUT2D eigenvalue weighted by Crippen LogP contribution is -2.36. The van der Waals surface area contributed by atoms with Crippen LogP contribution < -0.4 is 4.74 Å². The average molecular weight is 684 g/mol. The van der Waals surface area contributed by atoms with Crippen molar-refractivity contribution in [3.63, 3.8) is 0 Å². The van der Waals surface area contributed by atoms with Crippen LogP contribution in [-0.2, 0) is 5.69 Å². The minimum absolute atomic E-state index is 0.528. The summed E-state index contributed by atoms with van der Waals surface area (Å²) in [6.07, 6.45) is 0. The number of furan rings is 1. The number of rotatable bonds is 5. The number of benzene rings is 7. The van der Waals surface area contributed by atoms with Gasteiger partial charge >= 0.3 is 0 Å². The Labute approximate surface area is 306 Å². The highest BCUT2D eigenvalue weighted by Gasteiger charge is 2.35. The second-order valence-electron chi connectivity index (χ2n) is 13.4. The summed E-state index contributed by atoms with van der Waals surface area (Å²) in [7, 11) is 1.69. The first kappa shape index (κ1) is 31.0. The average Bonchev–Trinajstić information content (AvgIpc) is 3.60. The summed E-state index contributed by atoms with van der Waals surface area (Å²) >= 11 is 0. The van der Waals surface area contributed by atoms with Crippen LogP contribution in [0.2, 0.25) is 0 Å². The van der Waals surface area contributed by atoms with Crippen LogP contribution >= 0.6 is 0 Å². The lowest BCUT2D eigenvalue weighted by atomic mass is 9.77. The predicted molar refractivity (Wildman–Crippen MR) is 213 cm³/mol. The highest BCUT2D eigenvalue weighted by Crippen LogP contribution is 2.47. The van der Waals surface area contributed by atoms with E-state index in [0.29, 0.717) is 23.2 Å². The van der Waals surface area contributed by atoms with Gasteiger partial charge in [0.15, 0.2) is 23.2 Å². The maximum Gasteiger partial charge on any atom is 0.201 e. The van der Waals surface area contributed by atoms with Crippen molar-refractivity contribution in [3.8, 4) is 73.3 Å². The Morgan fingerprint density at radius 1 is 0.472 bits per heavy atom. The van der Waals surface area contributed by atoms with Gasteiger partial charge < -0.3 is 14.3 Å². The summed E-state index contributed by atoms with van der Waals surface area (Å²) in [5, 5.41) is 13.4. The van der Waals surface area contributed by atoms with Crippen molar-refractivity contribution in [2.75, 3.05) is 0 Å². The Morgan fingerprint density at radius 3 is 1.94 bits per heavy atom. The van der Waals surface area contributed by atoms with Crippen molar-refractivity contribution in [2.24, 2.45) is 0 Å². The molecule has 1 aliphatic heterocycles. The van der Waals surface area contributed by atoms with E-state index in [4.69, 9.17) is 24.1 Å². The molecule has 2 aromatic heterocycles. The molecule has 1 N–H and O–H groups in total. The zero-order valence-corrected chi connectivity index (χ0v) is 28.7. The molecule has 1 aliphatic rings. The van der Waals surface area contributed by atoms with Gasteiger partial charge in [-0.2, -0.15) is 0 Å². The van der Waals surface area contributed by atoms with Gasteiger partial charge in [-0.3, -0.25) is 0 Å². The van der Waals surface area contributed by atoms with Gasteiger partial charge in [0, 0.05) is 38.6 Å². The number of hydrogen-bond donors (Lipinski definition) is 1. The number of fused-ring (bicyclic) bond motifs is 6. The molecule has 0 amide bonds. The van der Waals surface area contributed by atoms with Gasteiger partial charge in [0.05, 0.1) is 5.56 Å². The van der Waals surface area contributed by atoms with E-state index in [1.165, 1.54) is 0 Å². The molecule has 0 bridgehead atoms. The monoisotopic (exact) mass is 683 g/mol. The molecule has 0 saturated carbocycles. The molecule has 0 aliphatic carbocycles. The first-order valence-electron chi connectivity index (χ1n) is 17.6. The Balaban J connectivity index is 1.13. The molecule has 0 radical (unpaired) electrons. The smallest absolute Gasteiger partial charge is 0.201 e. The van der Waals surface area contributed by atoms with Crippen molar-refractivity contribution in [2.45, 2.75) is 5.69 Å². The third-order valence-electron chi connectivity index (χ3n) is 9.99. The van der Waals surface area contributed by atoms with E-state index in [1.807, 2.05) is 109 Å². The molecule has 7 heteroatoms. The van der Waals surface area contributed by atoms with Crippen LogP contribution in [0.5, 0.6) is 5.75 Å². The zero-order chi connectivity index (χ0) is 35.5. The number of aliphatic hydroxyl groups is 1. The maximum atomic E-state index is 11.3. The Morgan fingerprint density at radius 2 is 1.08 bits per heavy atom. The zero-order valence-electron chi connectivity index (χ0n) is 28.7. The van der Waals surface area contributed by atoms with E-state index >= 15 is 0 Å². The Bertz CT molecular complexity index is 2850. The maximum absolute atomic E-state index is 11.3. The van der Waals surface area contributed by atoms with Crippen LogP contribution in [0.4, 0.5) is 0 Å². The minimum Gasteiger partial charge on any atom is -0.467 e. The van der Waals surface area contributed by atoms with Crippen LogP contribution in [-0.4, -0.2) is 27.9 Å². The number of ether oxygens (including phenoxy) is 1. The standard InChI is InChI=1S/C46H30BN3O3/c47-46(51)38-20-10-17-33(41(38)36-16-5-7-22-40(36)53-46)29-23-25-30(26-24-29)43-48-44(32-14-8-13-31(27-32)28-11-2-1-3-12-28)50-45(49-43)37-19-9-18-35-34-15-4-6-21-39(34)52-42(35)37/h1-27,51H,47H2. The molecule has 0 spiro atoms. The molecule has 10 rings (SSSR count).